The smallest absolute Gasteiger partial charge is 0.116 e. The van der Waals surface area contributed by atoms with Crippen LogP contribution in [-0.2, 0) is 6.42 Å². The maximum atomic E-state index is 9.31. The van der Waals surface area contributed by atoms with Gasteiger partial charge in [-0.15, -0.1) is 0 Å². The summed E-state index contributed by atoms with van der Waals surface area (Å²) in [6.45, 7) is 6.36. The molecular weight excluding hydrogens is 148 g/mol. The van der Waals surface area contributed by atoms with Crippen LogP contribution in [0, 0.1) is 12.8 Å². The quantitative estimate of drug-likeness (QED) is 0.712. The minimum atomic E-state index is 0.380. The summed E-state index contributed by atoms with van der Waals surface area (Å²) in [5.41, 5.74) is 2.35. The zero-order valence-corrected chi connectivity index (χ0v) is 7.96. The average molecular weight is 164 g/mol. The van der Waals surface area contributed by atoms with E-state index in [1.54, 1.807) is 6.07 Å². The molecule has 1 aromatic carbocycles. The van der Waals surface area contributed by atoms with Gasteiger partial charge in [0.1, 0.15) is 5.75 Å². The van der Waals surface area contributed by atoms with Gasteiger partial charge in [-0.2, -0.15) is 0 Å². The van der Waals surface area contributed by atoms with Crippen molar-refractivity contribution in [3.63, 3.8) is 0 Å². The molecule has 1 rings (SSSR count). The first-order chi connectivity index (χ1) is 5.58. The van der Waals surface area contributed by atoms with E-state index in [1.807, 2.05) is 13.0 Å². The van der Waals surface area contributed by atoms with Crippen molar-refractivity contribution in [1.82, 2.24) is 0 Å². The summed E-state index contributed by atoms with van der Waals surface area (Å²) in [4.78, 5) is 0. The normalized spacial score (nSPS) is 10.7. The molecule has 12 heavy (non-hydrogen) atoms. The molecule has 0 spiro atoms. The van der Waals surface area contributed by atoms with E-state index in [9.17, 15) is 5.11 Å². The molecule has 0 aliphatic heterocycles. The molecule has 0 bridgehead atoms. The van der Waals surface area contributed by atoms with Gasteiger partial charge in [0, 0.05) is 0 Å². The monoisotopic (exact) mass is 164 g/mol. The Hall–Kier alpha value is -0.980. The van der Waals surface area contributed by atoms with E-state index < -0.39 is 0 Å². The van der Waals surface area contributed by atoms with Gasteiger partial charge in [0.15, 0.2) is 0 Å². The molecule has 1 nitrogen and oxygen atoms in total. The lowest BCUT2D eigenvalue weighted by Gasteiger charge is -2.06. The standard InChI is InChI=1S/C11H16O/c1-8(2)4-10-5-9(3)6-11(12)7-10/h5-8,12H,4H2,1-3H3. The fourth-order valence-corrected chi connectivity index (χ4v) is 1.43. The van der Waals surface area contributed by atoms with Crippen molar-refractivity contribution in [2.24, 2.45) is 5.92 Å². The minimum Gasteiger partial charge on any atom is -0.508 e. The van der Waals surface area contributed by atoms with Crippen molar-refractivity contribution in [2.45, 2.75) is 27.2 Å². The maximum absolute atomic E-state index is 9.31. The van der Waals surface area contributed by atoms with Gasteiger partial charge in [0.25, 0.3) is 0 Å². The molecule has 0 unspecified atom stereocenters. The fraction of sp³-hybridized carbons (Fsp3) is 0.455. The third-order valence-corrected chi connectivity index (χ3v) is 1.77. The minimum absolute atomic E-state index is 0.380. The molecule has 0 atom stereocenters. The Morgan fingerprint density at radius 1 is 1.25 bits per heavy atom. The molecule has 0 aliphatic carbocycles. The molecule has 0 amide bonds. The van der Waals surface area contributed by atoms with Crippen molar-refractivity contribution in [3.8, 4) is 5.75 Å². The van der Waals surface area contributed by atoms with Crippen molar-refractivity contribution in [3.05, 3.63) is 29.3 Å². The Balaban J connectivity index is 2.85. The van der Waals surface area contributed by atoms with E-state index in [1.165, 1.54) is 5.56 Å². The highest BCUT2D eigenvalue weighted by molar-refractivity contribution is 5.32. The van der Waals surface area contributed by atoms with Gasteiger partial charge in [-0.1, -0.05) is 19.9 Å². The Bertz CT molecular complexity index is 243. The third-order valence-electron chi connectivity index (χ3n) is 1.77. The molecular formula is C11H16O. The van der Waals surface area contributed by atoms with E-state index >= 15 is 0 Å². The first kappa shape index (κ1) is 9.11. The van der Waals surface area contributed by atoms with Gasteiger partial charge in [-0.25, -0.2) is 0 Å². The number of hydrogen-bond acceptors (Lipinski definition) is 1. The van der Waals surface area contributed by atoms with Crippen molar-refractivity contribution < 1.29 is 5.11 Å². The lowest BCUT2D eigenvalue weighted by atomic mass is 10.0. The van der Waals surface area contributed by atoms with Crippen LogP contribution in [0.5, 0.6) is 5.75 Å². The Morgan fingerprint density at radius 2 is 1.92 bits per heavy atom. The second-order valence-electron chi connectivity index (χ2n) is 3.77. The summed E-state index contributed by atoms with van der Waals surface area (Å²) >= 11 is 0. The highest BCUT2D eigenvalue weighted by Crippen LogP contribution is 2.17. The van der Waals surface area contributed by atoms with Crippen molar-refractivity contribution in [2.75, 3.05) is 0 Å². The number of phenols is 1. The van der Waals surface area contributed by atoms with Gasteiger partial charge >= 0.3 is 0 Å². The second-order valence-corrected chi connectivity index (χ2v) is 3.77. The molecule has 1 aromatic rings. The summed E-state index contributed by atoms with van der Waals surface area (Å²) in [7, 11) is 0. The highest BCUT2D eigenvalue weighted by atomic mass is 16.3. The Kier molecular flexibility index (Phi) is 2.74. The zero-order chi connectivity index (χ0) is 9.14. The van der Waals surface area contributed by atoms with E-state index in [4.69, 9.17) is 0 Å². The van der Waals surface area contributed by atoms with Crippen molar-refractivity contribution >= 4 is 0 Å². The lowest BCUT2D eigenvalue weighted by molar-refractivity contribution is 0.473. The van der Waals surface area contributed by atoms with Crippen LogP contribution >= 0.6 is 0 Å². The van der Waals surface area contributed by atoms with E-state index in [-0.39, 0.29) is 0 Å². The molecule has 1 N–H and O–H groups in total. The molecule has 0 heterocycles. The van der Waals surface area contributed by atoms with E-state index in [0.29, 0.717) is 11.7 Å². The van der Waals surface area contributed by atoms with Gasteiger partial charge in [0.05, 0.1) is 0 Å². The topological polar surface area (TPSA) is 20.2 Å². The Morgan fingerprint density at radius 3 is 2.42 bits per heavy atom. The van der Waals surface area contributed by atoms with Crippen LogP contribution in [-0.4, -0.2) is 5.11 Å². The van der Waals surface area contributed by atoms with Crippen LogP contribution in [0.2, 0.25) is 0 Å². The molecule has 0 radical (unpaired) electrons. The predicted octanol–water partition coefficient (Wildman–Crippen LogP) is 2.90. The zero-order valence-electron chi connectivity index (χ0n) is 7.96. The second kappa shape index (κ2) is 3.61. The van der Waals surface area contributed by atoms with E-state index in [2.05, 4.69) is 19.9 Å². The van der Waals surface area contributed by atoms with Crippen LogP contribution in [0.15, 0.2) is 18.2 Å². The molecule has 1 heteroatoms. The molecule has 0 saturated carbocycles. The van der Waals surface area contributed by atoms with E-state index in [0.717, 1.165) is 12.0 Å². The highest BCUT2D eigenvalue weighted by Gasteiger charge is 1.99. The summed E-state index contributed by atoms with van der Waals surface area (Å²) < 4.78 is 0. The first-order valence-electron chi connectivity index (χ1n) is 4.37. The number of hydrogen-bond donors (Lipinski definition) is 1. The van der Waals surface area contributed by atoms with Crippen LogP contribution in [0.4, 0.5) is 0 Å². The molecule has 0 aliphatic rings. The summed E-state index contributed by atoms with van der Waals surface area (Å²) in [6.07, 6.45) is 1.04. The van der Waals surface area contributed by atoms with Crippen molar-refractivity contribution in [1.29, 1.82) is 0 Å². The first-order valence-corrected chi connectivity index (χ1v) is 4.37. The van der Waals surface area contributed by atoms with Gasteiger partial charge in [-0.05, 0) is 42.5 Å². The number of aromatic hydroxyl groups is 1. The van der Waals surface area contributed by atoms with Gasteiger partial charge in [0.2, 0.25) is 0 Å². The third kappa shape index (κ3) is 2.57. The van der Waals surface area contributed by atoms with Gasteiger partial charge < -0.3 is 5.11 Å². The number of rotatable bonds is 2. The fourth-order valence-electron chi connectivity index (χ4n) is 1.43. The van der Waals surface area contributed by atoms with Crippen LogP contribution in [0.3, 0.4) is 0 Å². The predicted molar refractivity (Wildman–Crippen MR) is 51.4 cm³/mol. The molecule has 0 aromatic heterocycles. The molecule has 0 saturated heterocycles. The summed E-state index contributed by atoms with van der Waals surface area (Å²) in [5.74, 6) is 1.02. The lowest BCUT2D eigenvalue weighted by Crippen LogP contribution is -1.93. The Labute approximate surface area is 74.1 Å². The summed E-state index contributed by atoms with van der Waals surface area (Å²) in [5, 5.41) is 9.31. The van der Waals surface area contributed by atoms with Crippen LogP contribution < -0.4 is 0 Å². The maximum Gasteiger partial charge on any atom is 0.116 e. The van der Waals surface area contributed by atoms with Crippen LogP contribution in [0.1, 0.15) is 25.0 Å². The SMILES string of the molecule is Cc1cc(O)cc(CC(C)C)c1. The number of phenolic OH excluding ortho intramolecular Hbond substituents is 1. The van der Waals surface area contributed by atoms with Crippen LogP contribution in [0.25, 0.3) is 0 Å². The average Bonchev–Trinajstić information content (AvgIpc) is 1.81. The summed E-state index contributed by atoms with van der Waals surface area (Å²) in [6, 6.07) is 5.75. The largest absolute Gasteiger partial charge is 0.508 e. The number of benzene rings is 1. The van der Waals surface area contributed by atoms with Gasteiger partial charge in [-0.3, -0.25) is 0 Å². The number of aryl methyl sites for hydroxylation is 1. The molecule has 0 fully saturated rings. The molecule has 66 valence electrons.